The first-order valence-electron chi connectivity index (χ1n) is 12.9. The van der Waals surface area contributed by atoms with Gasteiger partial charge in [0.2, 0.25) is 0 Å². The molecule has 1 amide bonds. The maximum absolute atomic E-state index is 12.7. The number of alkyl halides is 6. The van der Waals surface area contributed by atoms with Crippen LogP contribution in [0.25, 0.3) is 0 Å². The summed E-state index contributed by atoms with van der Waals surface area (Å²) in [5.74, 6) is -3.06. The molecule has 15 heteroatoms. The van der Waals surface area contributed by atoms with E-state index in [9.17, 15) is 31.1 Å². The number of nitrogens with one attached hydrogen (secondary N) is 2. The Morgan fingerprint density at radius 2 is 1.45 bits per heavy atom. The van der Waals surface area contributed by atoms with Crippen molar-refractivity contribution in [3.05, 3.63) is 22.9 Å². The Morgan fingerprint density at radius 1 is 0.950 bits per heavy atom. The second-order valence-electron chi connectivity index (χ2n) is 10.3. The fourth-order valence-electron chi connectivity index (χ4n) is 3.74. The zero-order chi connectivity index (χ0) is 30.3. The molecule has 40 heavy (non-hydrogen) atoms. The first-order chi connectivity index (χ1) is 18.5. The standard InChI is InChI=1S/C21H32N4O.2C2HF3O2/c1-14(2)23-21(26)18-11-17-7-9-25(13-16-5-6-16)10-8-19(17)24-20(18)22-12-15-3-4-15;2*3-2(4,5)1(6)7/h11,14-16H,3-10,12-13H2,1-2H3,(H,22,24)(H,23,26);2*(H,6,7). The van der Waals surface area contributed by atoms with Crippen molar-refractivity contribution < 1.29 is 50.9 Å². The number of fused-ring (bicyclic) bond motifs is 1. The molecular formula is C25H34F6N4O5. The van der Waals surface area contributed by atoms with Gasteiger partial charge in [-0.25, -0.2) is 14.6 Å². The van der Waals surface area contributed by atoms with Gasteiger partial charge in [0.05, 0.1) is 5.56 Å². The quantitative estimate of drug-likeness (QED) is 0.352. The summed E-state index contributed by atoms with van der Waals surface area (Å²) in [7, 11) is 0. The monoisotopic (exact) mass is 584 g/mol. The Hall–Kier alpha value is -3.10. The average molecular weight is 585 g/mol. The van der Waals surface area contributed by atoms with Crippen LogP contribution in [0.1, 0.15) is 61.1 Å². The van der Waals surface area contributed by atoms with Crippen LogP contribution in [0.5, 0.6) is 0 Å². The number of carboxylic acids is 2. The Labute approximate surface area is 227 Å². The summed E-state index contributed by atoms with van der Waals surface area (Å²) in [6, 6.07) is 2.24. The molecule has 9 nitrogen and oxygen atoms in total. The van der Waals surface area contributed by atoms with Gasteiger partial charge in [0.1, 0.15) is 5.82 Å². The molecule has 0 bridgehead atoms. The van der Waals surface area contributed by atoms with E-state index < -0.39 is 24.3 Å². The van der Waals surface area contributed by atoms with Crippen molar-refractivity contribution in [2.45, 2.75) is 70.8 Å². The predicted molar refractivity (Wildman–Crippen MR) is 132 cm³/mol. The van der Waals surface area contributed by atoms with E-state index >= 15 is 0 Å². The second-order valence-corrected chi connectivity index (χ2v) is 10.3. The number of hydrogen-bond donors (Lipinski definition) is 4. The number of amides is 1. The maximum Gasteiger partial charge on any atom is 0.490 e. The van der Waals surface area contributed by atoms with Gasteiger partial charge in [-0.3, -0.25) is 4.79 Å². The smallest absolute Gasteiger partial charge is 0.475 e. The predicted octanol–water partition coefficient (Wildman–Crippen LogP) is 4.12. The van der Waals surface area contributed by atoms with Gasteiger partial charge in [-0.05, 0) is 69.4 Å². The van der Waals surface area contributed by atoms with E-state index in [0.29, 0.717) is 5.56 Å². The van der Waals surface area contributed by atoms with Gasteiger partial charge >= 0.3 is 24.3 Å². The van der Waals surface area contributed by atoms with Crippen LogP contribution in [0.4, 0.5) is 32.2 Å². The highest BCUT2D eigenvalue weighted by Crippen LogP contribution is 2.32. The van der Waals surface area contributed by atoms with Crippen molar-refractivity contribution in [1.82, 2.24) is 15.2 Å². The third kappa shape index (κ3) is 12.0. The molecule has 0 aromatic carbocycles. The number of hydrogen-bond acceptors (Lipinski definition) is 6. The normalized spacial score (nSPS) is 17.3. The fourth-order valence-corrected chi connectivity index (χ4v) is 3.74. The number of nitrogens with zero attached hydrogens (tertiary/aromatic N) is 2. The summed E-state index contributed by atoms with van der Waals surface area (Å²) in [5.41, 5.74) is 3.16. The summed E-state index contributed by atoms with van der Waals surface area (Å²) in [6.07, 6.45) is -2.79. The molecule has 2 saturated carbocycles. The van der Waals surface area contributed by atoms with Crippen LogP contribution in [-0.4, -0.2) is 82.5 Å². The molecule has 4 rings (SSSR count). The van der Waals surface area contributed by atoms with Gasteiger partial charge in [0, 0.05) is 44.3 Å². The molecule has 0 atom stereocenters. The van der Waals surface area contributed by atoms with Gasteiger partial charge < -0.3 is 25.7 Å². The van der Waals surface area contributed by atoms with Crippen LogP contribution in [0.3, 0.4) is 0 Å². The van der Waals surface area contributed by atoms with Crippen LogP contribution >= 0.6 is 0 Å². The van der Waals surface area contributed by atoms with E-state index in [2.05, 4.69) is 21.6 Å². The van der Waals surface area contributed by atoms with Crippen molar-refractivity contribution in [3.63, 3.8) is 0 Å². The van der Waals surface area contributed by atoms with Crippen LogP contribution < -0.4 is 10.6 Å². The molecule has 0 unspecified atom stereocenters. The molecule has 0 radical (unpaired) electrons. The third-order valence-electron chi connectivity index (χ3n) is 6.17. The molecule has 1 aliphatic heterocycles. The minimum Gasteiger partial charge on any atom is -0.475 e. The van der Waals surface area contributed by atoms with Crippen molar-refractivity contribution in [2.75, 3.05) is 31.5 Å². The molecule has 226 valence electrons. The zero-order valence-electron chi connectivity index (χ0n) is 22.2. The molecule has 2 fully saturated rings. The number of carbonyl (C=O) groups is 3. The van der Waals surface area contributed by atoms with Crippen LogP contribution in [0, 0.1) is 11.8 Å². The van der Waals surface area contributed by atoms with Crippen molar-refractivity contribution in [2.24, 2.45) is 11.8 Å². The Bertz CT molecular complexity index is 1020. The highest BCUT2D eigenvalue weighted by atomic mass is 19.4. The van der Waals surface area contributed by atoms with E-state index in [1.54, 1.807) is 0 Å². The summed E-state index contributed by atoms with van der Waals surface area (Å²) in [5, 5.41) is 20.8. The van der Waals surface area contributed by atoms with E-state index in [4.69, 9.17) is 24.8 Å². The summed E-state index contributed by atoms with van der Waals surface area (Å²) < 4.78 is 63.5. The summed E-state index contributed by atoms with van der Waals surface area (Å²) in [6.45, 7) is 8.36. The van der Waals surface area contributed by atoms with Crippen LogP contribution in [0.15, 0.2) is 6.07 Å². The van der Waals surface area contributed by atoms with Gasteiger partial charge in [0.25, 0.3) is 5.91 Å². The SMILES string of the molecule is CC(C)NC(=O)c1cc2c(nc1NCC1CC1)CCN(CC1CC1)CC2.O=C(O)C(F)(F)F.O=C(O)C(F)(F)F. The second kappa shape index (κ2) is 14.0. The first kappa shape index (κ1) is 33.1. The van der Waals surface area contributed by atoms with E-state index in [-0.39, 0.29) is 11.9 Å². The number of aromatic nitrogens is 1. The molecule has 0 spiro atoms. The molecule has 1 aromatic heterocycles. The minimum absolute atomic E-state index is 0.00678. The maximum atomic E-state index is 12.7. The molecular weight excluding hydrogens is 550 g/mol. The number of pyridine rings is 1. The van der Waals surface area contributed by atoms with Gasteiger partial charge in [0.15, 0.2) is 0 Å². The molecule has 3 aliphatic rings. The lowest BCUT2D eigenvalue weighted by molar-refractivity contribution is -0.193. The fraction of sp³-hybridized carbons (Fsp3) is 0.680. The van der Waals surface area contributed by atoms with E-state index in [1.807, 2.05) is 13.8 Å². The highest BCUT2D eigenvalue weighted by molar-refractivity contribution is 5.99. The Morgan fingerprint density at radius 3 is 1.90 bits per heavy atom. The van der Waals surface area contributed by atoms with Gasteiger partial charge in [-0.1, -0.05) is 0 Å². The molecule has 2 heterocycles. The third-order valence-corrected chi connectivity index (χ3v) is 6.17. The number of carbonyl (C=O) groups excluding carboxylic acids is 1. The largest absolute Gasteiger partial charge is 0.490 e. The van der Waals surface area contributed by atoms with Crippen LogP contribution in [-0.2, 0) is 22.4 Å². The van der Waals surface area contributed by atoms with Crippen molar-refractivity contribution in [3.8, 4) is 0 Å². The van der Waals surface area contributed by atoms with Crippen LogP contribution in [0.2, 0.25) is 0 Å². The lowest BCUT2D eigenvalue weighted by atomic mass is 10.0. The minimum atomic E-state index is -5.08. The molecule has 4 N–H and O–H groups in total. The van der Waals surface area contributed by atoms with E-state index in [1.165, 1.54) is 43.5 Å². The lowest BCUT2D eigenvalue weighted by Crippen LogP contribution is -2.31. The summed E-state index contributed by atoms with van der Waals surface area (Å²) >= 11 is 0. The van der Waals surface area contributed by atoms with Crippen molar-refractivity contribution in [1.29, 1.82) is 0 Å². The number of halogens is 6. The average Bonchev–Trinajstić information content (AvgIpc) is 3.73. The van der Waals surface area contributed by atoms with E-state index in [0.717, 1.165) is 50.1 Å². The molecule has 0 saturated heterocycles. The number of aliphatic carboxylic acids is 2. The first-order valence-corrected chi connectivity index (χ1v) is 12.9. The van der Waals surface area contributed by atoms with Gasteiger partial charge in [-0.2, -0.15) is 26.3 Å². The Balaban J connectivity index is 0.000000333. The number of anilines is 1. The number of rotatable bonds is 7. The van der Waals surface area contributed by atoms with Crippen molar-refractivity contribution >= 4 is 23.7 Å². The zero-order valence-corrected chi connectivity index (χ0v) is 22.2. The Kier molecular flexibility index (Phi) is 11.6. The topological polar surface area (TPSA) is 132 Å². The lowest BCUT2D eigenvalue weighted by Gasteiger charge is -2.18. The molecule has 2 aliphatic carbocycles. The summed E-state index contributed by atoms with van der Waals surface area (Å²) in [4.78, 5) is 38.0. The molecule has 1 aromatic rings. The highest BCUT2D eigenvalue weighted by Gasteiger charge is 2.39. The number of carboxylic acid groups (broad SMARTS) is 2. The van der Waals surface area contributed by atoms with Gasteiger partial charge in [-0.15, -0.1) is 0 Å².